The van der Waals surface area contributed by atoms with Gasteiger partial charge in [0.15, 0.2) is 0 Å². The number of sulfonamides is 1. The summed E-state index contributed by atoms with van der Waals surface area (Å²) in [5.41, 5.74) is 0.735. The number of hydrogen-bond donors (Lipinski definition) is 1. The van der Waals surface area contributed by atoms with E-state index in [0.717, 1.165) is 5.56 Å². The molecule has 1 heterocycles. The van der Waals surface area contributed by atoms with Crippen molar-refractivity contribution >= 4 is 50.7 Å². The zero-order valence-electron chi connectivity index (χ0n) is 16.2. The van der Waals surface area contributed by atoms with Gasteiger partial charge in [-0.2, -0.15) is 4.31 Å². The topological polar surface area (TPSA) is 75.7 Å². The third-order valence-electron chi connectivity index (χ3n) is 4.97. The Balaban J connectivity index is 1.71. The fourth-order valence-electron chi connectivity index (χ4n) is 3.36. The van der Waals surface area contributed by atoms with E-state index in [0.29, 0.717) is 34.5 Å². The van der Waals surface area contributed by atoms with E-state index in [1.807, 2.05) is 0 Å². The number of benzene rings is 2. The van der Waals surface area contributed by atoms with E-state index >= 15 is 0 Å². The summed E-state index contributed by atoms with van der Waals surface area (Å²) in [6.07, 6.45) is 1.17. The number of methoxy groups -OCH3 is 1. The molecule has 2 aromatic rings. The SMILES string of the molecule is COc1ccc(Cl)cc1S(=O)(=O)N1CCC[C@@H](C(=O)NCc2ccc(Cl)cc2Cl)C1. The third-order valence-corrected chi connectivity index (χ3v) is 7.67. The van der Waals surface area contributed by atoms with Crippen molar-refractivity contribution < 1.29 is 17.9 Å². The molecule has 1 amide bonds. The number of hydrogen-bond acceptors (Lipinski definition) is 4. The van der Waals surface area contributed by atoms with Gasteiger partial charge in [0.2, 0.25) is 15.9 Å². The zero-order valence-corrected chi connectivity index (χ0v) is 19.3. The maximum absolute atomic E-state index is 13.2. The van der Waals surface area contributed by atoms with Crippen molar-refractivity contribution in [3.63, 3.8) is 0 Å². The molecular weight excluding hydrogens is 471 g/mol. The van der Waals surface area contributed by atoms with Crippen LogP contribution in [0.4, 0.5) is 0 Å². The second kappa shape index (κ2) is 9.75. The summed E-state index contributed by atoms with van der Waals surface area (Å²) in [7, 11) is -2.46. The highest BCUT2D eigenvalue weighted by molar-refractivity contribution is 7.89. The van der Waals surface area contributed by atoms with Crippen LogP contribution in [0.3, 0.4) is 0 Å². The maximum atomic E-state index is 13.2. The van der Waals surface area contributed by atoms with Gasteiger partial charge in [-0.15, -0.1) is 0 Å². The average Bonchev–Trinajstić information content (AvgIpc) is 2.73. The number of ether oxygens (including phenoxy) is 1. The van der Waals surface area contributed by atoms with Crippen molar-refractivity contribution in [1.82, 2.24) is 9.62 Å². The summed E-state index contributed by atoms with van der Waals surface area (Å²) in [4.78, 5) is 12.7. The van der Waals surface area contributed by atoms with Crippen LogP contribution in [0.1, 0.15) is 18.4 Å². The summed E-state index contributed by atoms with van der Waals surface area (Å²) in [5, 5.41) is 4.11. The number of halogens is 3. The Morgan fingerprint density at radius 2 is 1.87 bits per heavy atom. The van der Waals surface area contributed by atoms with Gasteiger partial charge in [-0.25, -0.2) is 8.42 Å². The Morgan fingerprint density at radius 1 is 1.17 bits per heavy atom. The smallest absolute Gasteiger partial charge is 0.246 e. The predicted octanol–water partition coefficient (Wildman–Crippen LogP) is 4.37. The van der Waals surface area contributed by atoms with Crippen LogP contribution in [0.2, 0.25) is 15.1 Å². The molecule has 6 nitrogen and oxygen atoms in total. The van der Waals surface area contributed by atoms with Crippen molar-refractivity contribution in [2.24, 2.45) is 5.92 Å². The summed E-state index contributed by atoms with van der Waals surface area (Å²) >= 11 is 18.0. The van der Waals surface area contributed by atoms with E-state index in [1.165, 1.54) is 23.5 Å². The highest BCUT2D eigenvalue weighted by atomic mass is 35.5. The van der Waals surface area contributed by atoms with E-state index in [2.05, 4.69) is 5.32 Å². The Hall–Kier alpha value is -1.51. The van der Waals surface area contributed by atoms with Crippen LogP contribution >= 0.6 is 34.8 Å². The number of nitrogens with zero attached hydrogens (tertiary/aromatic N) is 1. The lowest BCUT2D eigenvalue weighted by Crippen LogP contribution is -2.45. The average molecular weight is 492 g/mol. The third kappa shape index (κ3) is 5.21. The zero-order chi connectivity index (χ0) is 21.9. The molecular formula is C20H21Cl3N2O4S. The van der Waals surface area contributed by atoms with Crippen LogP contribution in [0.5, 0.6) is 5.75 Å². The molecule has 0 aromatic heterocycles. The lowest BCUT2D eigenvalue weighted by atomic mass is 9.99. The van der Waals surface area contributed by atoms with Gasteiger partial charge in [-0.3, -0.25) is 4.79 Å². The van der Waals surface area contributed by atoms with Crippen molar-refractivity contribution in [1.29, 1.82) is 0 Å². The van der Waals surface area contributed by atoms with E-state index in [9.17, 15) is 13.2 Å². The van der Waals surface area contributed by atoms with Crippen molar-refractivity contribution in [2.45, 2.75) is 24.3 Å². The van der Waals surface area contributed by atoms with Crippen LogP contribution in [0, 0.1) is 5.92 Å². The molecule has 1 N–H and O–H groups in total. The van der Waals surface area contributed by atoms with Crippen LogP contribution in [-0.4, -0.2) is 38.8 Å². The highest BCUT2D eigenvalue weighted by Crippen LogP contribution is 2.32. The van der Waals surface area contributed by atoms with Crippen molar-refractivity contribution in [3.8, 4) is 5.75 Å². The van der Waals surface area contributed by atoms with Gasteiger partial charge in [0.05, 0.1) is 13.0 Å². The molecule has 0 saturated carbocycles. The minimum atomic E-state index is -3.86. The van der Waals surface area contributed by atoms with E-state index in [-0.39, 0.29) is 29.6 Å². The summed E-state index contributed by atoms with van der Waals surface area (Å²) in [5.74, 6) is -0.480. The molecule has 3 rings (SSSR count). The Kier molecular flexibility index (Phi) is 7.52. The molecule has 1 aliphatic heterocycles. The molecule has 10 heteroatoms. The summed E-state index contributed by atoms with van der Waals surface area (Å²) < 4.78 is 32.8. The van der Waals surface area contributed by atoms with E-state index in [1.54, 1.807) is 24.3 Å². The molecule has 0 aliphatic carbocycles. The molecule has 1 aliphatic rings. The minimum Gasteiger partial charge on any atom is -0.495 e. The molecule has 30 heavy (non-hydrogen) atoms. The first-order valence-electron chi connectivity index (χ1n) is 9.27. The maximum Gasteiger partial charge on any atom is 0.246 e. The van der Waals surface area contributed by atoms with Gasteiger partial charge in [0.25, 0.3) is 0 Å². The molecule has 1 atom stereocenters. The van der Waals surface area contributed by atoms with Crippen LogP contribution in [-0.2, 0) is 21.4 Å². The Bertz CT molecular complexity index is 1050. The largest absolute Gasteiger partial charge is 0.495 e. The second-order valence-electron chi connectivity index (χ2n) is 6.95. The van der Waals surface area contributed by atoms with Crippen LogP contribution in [0.25, 0.3) is 0 Å². The van der Waals surface area contributed by atoms with Crippen LogP contribution in [0.15, 0.2) is 41.3 Å². The lowest BCUT2D eigenvalue weighted by Gasteiger charge is -2.31. The normalized spacial score (nSPS) is 17.5. The van der Waals surface area contributed by atoms with Gasteiger partial charge in [0, 0.05) is 34.7 Å². The molecule has 0 spiro atoms. The molecule has 0 bridgehead atoms. The summed E-state index contributed by atoms with van der Waals surface area (Å²) in [6.45, 7) is 0.642. The van der Waals surface area contributed by atoms with Crippen molar-refractivity contribution in [2.75, 3.05) is 20.2 Å². The minimum absolute atomic E-state index is 0.00787. The number of rotatable bonds is 6. The number of piperidine rings is 1. The lowest BCUT2D eigenvalue weighted by molar-refractivity contribution is -0.126. The van der Waals surface area contributed by atoms with Gasteiger partial charge in [0.1, 0.15) is 10.6 Å². The molecule has 1 saturated heterocycles. The first kappa shape index (κ1) is 23.2. The van der Waals surface area contributed by atoms with E-state index < -0.39 is 15.9 Å². The van der Waals surface area contributed by atoms with Gasteiger partial charge < -0.3 is 10.1 Å². The highest BCUT2D eigenvalue weighted by Gasteiger charge is 2.35. The monoisotopic (exact) mass is 490 g/mol. The summed E-state index contributed by atoms with van der Waals surface area (Å²) in [6, 6.07) is 9.49. The first-order valence-corrected chi connectivity index (χ1v) is 11.8. The number of carbonyl (C=O) groups excluding carboxylic acids is 1. The molecule has 2 aromatic carbocycles. The Morgan fingerprint density at radius 3 is 2.57 bits per heavy atom. The molecule has 0 radical (unpaired) electrons. The van der Waals surface area contributed by atoms with Gasteiger partial charge >= 0.3 is 0 Å². The fraction of sp³-hybridized carbons (Fsp3) is 0.350. The molecule has 1 fully saturated rings. The number of amides is 1. The number of nitrogens with one attached hydrogen (secondary N) is 1. The second-order valence-corrected chi connectivity index (χ2v) is 10.1. The van der Waals surface area contributed by atoms with E-state index in [4.69, 9.17) is 39.5 Å². The quantitative estimate of drug-likeness (QED) is 0.651. The van der Waals surface area contributed by atoms with Crippen molar-refractivity contribution in [3.05, 3.63) is 57.0 Å². The first-order chi connectivity index (χ1) is 14.2. The van der Waals surface area contributed by atoms with Gasteiger partial charge in [-0.05, 0) is 48.7 Å². The predicted molar refractivity (Wildman–Crippen MR) is 118 cm³/mol. The number of carbonyl (C=O) groups is 1. The Labute approximate surface area is 191 Å². The fourth-order valence-corrected chi connectivity index (χ4v) is 5.78. The molecule has 0 unspecified atom stereocenters. The van der Waals surface area contributed by atoms with Crippen LogP contribution < -0.4 is 10.1 Å². The van der Waals surface area contributed by atoms with Gasteiger partial charge in [-0.1, -0.05) is 40.9 Å². The molecule has 162 valence electrons. The standard InChI is InChI=1S/C20H21Cl3N2O4S/c1-29-18-7-6-16(22)10-19(18)30(27,28)25-8-2-3-14(12-25)20(26)24-11-13-4-5-15(21)9-17(13)23/h4-7,9-10,14H,2-3,8,11-12H2,1H3,(H,24,26)/t14-/m1/s1.